The van der Waals surface area contributed by atoms with Crippen LogP contribution in [0.1, 0.15) is 31.2 Å². The molecular formula is C15H19N5OS. The smallest absolute Gasteiger partial charge is 0.223 e. The Morgan fingerprint density at radius 3 is 3.00 bits per heavy atom. The van der Waals surface area contributed by atoms with Gasteiger partial charge in [-0.1, -0.05) is 11.8 Å². The fourth-order valence-corrected chi connectivity index (χ4v) is 3.06. The van der Waals surface area contributed by atoms with E-state index in [4.69, 9.17) is 0 Å². The molecule has 0 radical (unpaired) electrons. The van der Waals surface area contributed by atoms with Crippen molar-refractivity contribution in [1.29, 1.82) is 5.26 Å². The summed E-state index contributed by atoms with van der Waals surface area (Å²) in [6, 6.07) is 2.30. The lowest BCUT2D eigenvalue weighted by Gasteiger charge is -2.34. The topological polar surface area (TPSA) is 81.9 Å². The van der Waals surface area contributed by atoms with Crippen molar-refractivity contribution in [3.8, 4) is 6.07 Å². The predicted molar refractivity (Wildman–Crippen MR) is 84.6 cm³/mol. The van der Waals surface area contributed by atoms with Crippen molar-refractivity contribution in [2.24, 2.45) is 5.92 Å². The van der Waals surface area contributed by atoms with Crippen LogP contribution in [0.15, 0.2) is 11.4 Å². The predicted octanol–water partition coefficient (Wildman–Crippen LogP) is 1.57. The van der Waals surface area contributed by atoms with Crippen molar-refractivity contribution < 1.29 is 4.79 Å². The third kappa shape index (κ3) is 3.33. The van der Waals surface area contributed by atoms with E-state index < -0.39 is 0 Å². The minimum Gasteiger partial charge on any atom is -0.353 e. The maximum absolute atomic E-state index is 11.9. The van der Waals surface area contributed by atoms with E-state index >= 15 is 0 Å². The molecule has 22 heavy (non-hydrogen) atoms. The fourth-order valence-electron chi connectivity index (χ4n) is 2.73. The first-order valence-electron chi connectivity index (χ1n) is 7.57. The van der Waals surface area contributed by atoms with E-state index in [0.717, 1.165) is 32.2 Å². The Hall–Kier alpha value is -1.81. The molecule has 1 unspecified atom stereocenters. The Morgan fingerprint density at radius 1 is 1.50 bits per heavy atom. The summed E-state index contributed by atoms with van der Waals surface area (Å²) >= 11 is 1.46. The molecule has 1 saturated heterocycles. The number of thioether (sulfide) groups is 1. The maximum atomic E-state index is 11.9. The summed E-state index contributed by atoms with van der Waals surface area (Å²) in [6.07, 6.45) is 7.50. The normalized spacial score (nSPS) is 21.3. The first-order chi connectivity index (χ1) is 10.7. The van der Waals surface area contributed by atoms with E-state index in [1.165, 1.54) is 11.8 Å². The highest BCUT2D eigenvalue weighted by atomic mass is 32.2. The van der Waals surface area contributed by atoms with Gasteiger partial charge >= 0.3 is 0 Å². The van der Waals surface area contributed by atoms with Crippen LogP contribution in [0.25, 0.3) is 0 Å². The number of piperidine rings is 1. The monoisotopic (exact) mass is 317 g/mol. The van der Waals surface area contributed by atoms with Crippen molar-refractivity contribution >= 4 is 23.5 Å². The zero-order valence-corrected chi connectivity index (χ0v) is 13.4. The van der Waals surface area contributed by atoms with Crippen LogP contribution in [0.2, 0.25) is 0 Å². The second kappa shape index (κ2) is 6.53. The molecule has 1 aromatic heterocycles. The largest absolute Gasteiger partial charge is 0.353 e. The summed E-state index contributed by atoms with van der Waals surface area (Å²) in [7, 11) is 0. The molecule has 0 aromatic carbocycles. The average molecular weight is 317 g/mol. The summed E-state index contributed by atoms with van der Waals surface area (Å²) in [5.41, 5.74) is 0.493. The minimum atomic E-state index is 0.140. The number of hydrogen-bond donors (Lipinski definition) is 1. The lowest BCUT2D eigenvalue weighted by Crippen LogP contribution is -2.48. The SMILES string of the molecule is CSc1ncc(C#N)c(N2CCCC(NC(=O)C3CC3)C2)n1. The van der Waals surface area contributed by atoms with Gasteiger partial charge in [-0.05, 0) is 31.9 Å². The molecule has 2 aliphatic rings. The molecule has 0 bridgehead atoms. The minimum absolute atomic E-state index is 0.140. The van der Waals surface area contributed by atoms with Gasteiger partial charge in [0.05, 0.1) is 6.20 Å². The molecule has 1 aliphatic heterocycles. The summed E-state index contributed by atoms with van der Waals surface area (Å²) in [5.74, 6) is 1.10. The molecule has 1 atom stereocenters. The van der Waals surface area contributed by atoms with Gasteiger partial charge in [-0.15, -0.1) is 0 Å². The van der Waals surface area contributed by atoms with E-state index in [-0.39, 0.29) is 17.9 Å². The average Bonchev–Trinajstić information content (AvgIpc) is 3.39. The number of nitrogens with one attached hydrogen (secondary N) is 1. The van der Waals surface area contributed by atoms with Gasteiger partial charge in [-0.25, -0.2) is 9.97 Å². The van der Waals surface area contributed by atoms with Gasteiger partial charge in [0.1, 0.15) is 11.6 Å². The number of carbonyl (C=O) groups is 1. The number of carbonyl (C=O) groups excluding carboxylic acids is 1. The summed E-state index contributed by atoms with van der Waals surface area (Å²) in [4.78, 5) is 22.7. The first kappa shape index (κ1) is 15.1. The van der Waals surface area contributed by atoms with Crippen LogP contribution < -0.4 is 10.2 Å². The van der Waals surface area contributed by atoms with Gasteiger partial charge in [-0.3, -0.25) is 4.79 Å². The molecule has 1 aliphatic carbocycles. The third-order valence-corrected chi connectivity index (χ3v) is 4.63. The second-order valence-corrected chi connectivity index (χ2v) is 6.55. The highest BCUT2D eigenvalue weighted by molar-refractivity contribution is 7.98. The Kier molecular flexibility index (Phi) is 4.48. The second-order valence-electron chi connectivity index (χ2n) is 5.77. The van der Waals surface area contributed by atoms with E-state index in [2.05, 4.69) is 26.3 Å². The van der Waals surface area contributed by atoms with Crippen molar-refractivity contribution in [2.45, 2.75) is 36.9 Å². The van der Waals surface area contributed by atoms with Crippen molar-refractivity contribution in [2.75, 3.05) is 24.2 Å². The number of anilines is 1. The Bertz CT molecular complexity index is 610. The molecule has 3 rings (SSSR count). The summed E-state index contributed by atoms with van der Waals surface area (Å²) in [5, 5.41) is 13.1. The zero-order chi connectivity index (χ0) is 15.5. The number of amides is 1. The third-order valence-electron chi connectivity index (χ3n) is 4.07. The van der Waals surface area contributed by atoms with Crippen LogP contribution in [0, 0.1) is 17.2 Å². The molecule has 1 N–H and O–H groups in total. The van der Waals surface area contributed by atoms with Crippen LogP contribution in [0.4, 0.5) is 5.82 Å². The molecule has 2 fully saturated rings. The van der Waals surface area contributed by atoms with E-state index in [1.54, 1.807) is 6.20 Å². The van der Waals surface area contributed by atoms with E-state index in [0.29, 0.717) is 23.1 Å². The van der Waals surface area contributed by atoms with Crippen LogP contribution in [-0.2, 0) is 4.79 Å². The molecule has 6 nitrogen and oxygen atoms in total. The van der Waals surface area contributed by atoms with Crippen molar-refractivity contribution in [3.63, 3.8) is 0 Å². The molecular weight excluding hydrogens is 298 g/mol. The van der Waals surface area contributed by atoms with Gasteiger partial charge in [0.25, 0.3) is 0 Å². The fraction of sp³-hybridized carbons (Fsp3) is 0.600. The highest BCUT2D eigenvalue weighted by Crippen LogP contribution is 2.29. The molecule has 1 saturated carbocycles. The molecule has 1 aromatic rings. The van der Waals surface area contributed by atoms with Crippen LogP contribution in [0.3, 0.4) is 0 Å². The van der Waals surface area contributed by atoms with Crippen LogP contribution in [-0.4, -0.2) is 41.3 Å². The van der Waals surface area contributed by atoms with Crippen molar-refractivity contribution in [1.82, 2.24) is 15.3 Å². The highest BCUT2D eigenvalue weighted by Gasteiger charge is 2.32. The van der Waals surface area contributed by atoms with E-state index in [1.807, 2.05) is 6.26 Å². The van der Waals surface area contributed by atoms with Gasteiger partial charge < -0.3 is 10.2 Å². The number of nitrogens with zero attached hydrogens (tertiary/aromatic N) is 4. The van der Waals surface area contributed by atoms with Crippen LogP contribution >= 0.6 is 11.8 Å². The van der Waals surface area contributed by atoms with Crippen LogP contribution in [0.5, 0.6) is 0 Å². The lowest BCUT2D eigenvalue weighted by atomic mass is 10.0. The number of aromatic nitrogens is 2. The molecule has 0 spiro atoms. The quantitative estimate of drug-likeness (QED) is 0.670. The zero-order valence-electron chi connectivity index (χ0n) is 12.6. The number of rotatable bonds is 4. The molecule has 7 heteroatoms. The Labute approximate surface area is 134 Å². The Morgan fingerprint density at radius 2 is 2.32 bits per heavy atom. The van der Waals surface area contributed by atoms with Gasteiger partial charge in [0.15, 0.2) is 11.0 Å². The number of hydrogen-bond acceptors (Lipinski definition) is 6. The maximum Gasteiger partial charge on any atom is 0.223 e. The van der Waals surface area contributed by atoms with Gasteiger partial charge in [0, 0.05) is 25.0 Å². The van der Waals surface area contributed by atoms with Gasteiger partial charge in [-0.2, -0.15) is 5.26 Å². The first-order valence-corrected chi connectivity index (χ1v) is 8.80. The molecule has 116 valence electrons. The van der Waals surface area contributed by atoms with Gasteiger partial charge in [0.2, 0.25) is 5.91 Å². The van der Waals surface area contributed by atoms with Crippen molar-refractivity contribution in [3.05, 3.63) is 11.8 Å². The molecule has 1 amide bonds. The lowest BCUT2D eigenvalue weighted by molar-refractivity contribution is -0.123. The standard InChI is InChI=1S/C15H19N5OS/c1-22-15-17-8-11(7-16)13(19-15)20-6-2-3-12(9-20)18-14(21)10-4-5-10/h8,10,12H,2-6,9H2,1H3,(H,18,21). The summed E-state index contributed by atoms with van der Waals surface area (Å²) < 4.78 is 0. The van der Waals surface area contributed by atoms with E-state index in [9.17, 15) is 10.1 Å². The summed E-state index contributed by atoms with van der Waals surface area (Å²) in [6.45, 7) is 1.56. The number of nitriles is 1. The Balaban J connectivity index is 1.73. The molecule has 2 heterocycles.